The number of anilines is 6. The molecule has 0 spiro atoms. The van der Waals surface area contributed by atoms with E-state index in [1.807, 2.05) is 12.1 Å². The molecule has 2 heterocycles. The summed E-state index contributed by atoms with van der Waals surface area (Å²) in [5, 5.41) is 29.0. The van der Waals surface area contributed by atoms with E-state index in [1.54, 1.807) is 0 Å². The molecule has 0 radical (unpaired) electrons. The van der Waals surface area contributed by atoms with E-state index in [1.165, 1.54) is 86.0 Å². The van der Waals surface area contributed by atoms with Crippen LogP contribution in [-0.4, -0.2) is 16.1 Å². The van der Waals surface area contributed by atoms with Crippen molar-refractivity contribution in [1.82, 2.24) is 0 Å². The standard InChI is InChI=1S/C124H99N3O2Si2/c1-9-25-88-26-13-18-39-111(88)124(94-29-11-10-12-30-94)112-78-95(126(114-40-23-37-108-105-34-16-19-42-119(105)128-122(108)114)117-77-92(58-59-93(117)80-125)90-28-22-32-103(75-90)131(99-67-50-84(5)51-68-99,100-69-52-85(6)53-70-100)101-71-54-86(7)55-72-101)60-73-110(112)121-107-36-15-14-33-104(107)118(79-113(121)124)127(115-41-24-38-109-106-35-17-20-43-120(106)129-123(109)115)116-76-91(57-56-87(116)8)89-27-21-31-102(74-89)130(96-61-44-81(2)45-62-96,97-63-46-82(3)47-64-97)98-65-48-83(4)49-66-98/h10-24,26-79,130-131H,9,25H2,1-8H3/q-2. The molecular formula is C124H99N3O2Si2-2. The van der Waals surface area contributed by atoms with Gasteiger partial charge in [-0.05, 0) is 12.0 Å². The van der Waals surface area contributed by atoms with Crippen molar-refractivity contribution in [2.24, 2.45) is 0 Å². The van der Waals surface area contributed by atoms with Gasteiger partial charge in [0, 0.05) is 0 Å². The van der Waals surface area contributed by atoms with Crippen LogP contribution in [0.1, 0.15) is 85.7 Å². The SMILES string of the molecule is CCCc1ccccc1C1(c2ccccc2)c2cc(N(c3cc(-c4cccc([SiH-](c5ccc(C)cc5)(c5ccc(C)cc5)c5ccc(C)cc5)c4)ccc3C#N)c3cccc4c3oc3ccccc34)ccc2-c2c1cc(N(c1cc(-c3cccc([SiH-](c4ccc(C)cc4)(c4ccc(C)cc4)c4ccc(C)cc4)c3)ccc1C)c1cccc3c1oc1ccccc13)c1ccccc21. The summed E-state index contributed by atoms with van der Waals surface area (Å²) in [5.74, 6) is 0. The fraction of sp³-hybridized carbons (Fsp3) is 0.0887. The van der Waals surface area contributed by atoms with E-state index in [4.69, 9.17) is 8.83 Å². The van der Waals surface area contributed by atoms with Crippen molar-refractivity contribution in [3.05, 3.63) is 491 Å². The summed E-state index contributed by atoms with van der Waals surface area (Å²) in [4.78, 5) is 4.88. The molecule has 0 saturated heterocycles. The van der Waals surface area contributed by atoms with Crippen LogP contribution in [0.25, 0.3) is 88.0 Å². The Morgan fingerprint density at radius 2 is 0.702 bits per heavy atom. The number of nitriles is 1. The summed E-state index contributed by atoms with van der Waals surface area (Å²) < 4.78 is 14.6. The molecule has 22 rings (SSSR count). The molecule has 632 valence electrons. The van der Waals surface area contributed by atoms with Crippen LogP contribution in [0, 0.1) is 59.8 Å². The van der Waals surface area contributed by atoms with E-state index in [0.717, 1.165) is 152 Å². The van der Waals surface area contributed by atoms with Gasteiger partial charge in [-0.15, -0.1) is 0 Å². The zero-order chi connectivity index (χ0) is 88.8. The van der Waals surface area contributed by atoms with Gasteiger partial charge >= 0.3 is 670 Å². The molecule has 1 atom stereocenters. The topological polar surface area (TPSA) is 56.6 Å². The second-order valence-corrected chi connectivity index (χ2v) is 45.4. The third-order valence-electron chi connectivity index (χ3n) is 28.7. The third kappa shape index (κ3) is 13.4. The Bertz CT molecular complexity index is 7840. The molecular weight excluding hydrogens is 1620 g/mol. The van der Waals surface area contributed by atoms with Gasteiger partial charge in [0.25, 0.3) is 0 Å². The number of nitrogens with zero attached hydrogens (tertiary/aromatic N) is 3. The Balaban J connectivity index is 0.793. The van der Waals surface area contributed by atoms with E-state index < -0.39 is 21.6 Å². The van der Waals surface area contributed by atoms with Crippen LogP contribution in [0.15, 0.2) is 427 Å². The van der Waals surface area contributed by atoms with Crippen molar-refractivity contribution in [2.75, 3.05) is 9.80 Å². The fourth-order valence-corrected chi connectivity index (χ4v) is 33.2. The minimum atomic E-state index is -3.54. The van der Waals surface area contributed by atoms with Gasteiger partial charge in [0.1, 0.15) is 0 Å². The number of benzene rings is 19. The monoisotopic (exact) mass is 1720 g/mol. The molecule has 131 heavy (non-hydrogen) atoms. The van der Waals surface area contributed by atoms with Crippen molar-refractivity contribution in [2.45, 2.75) is 73.6 Å². The van der Waals surface area contributed by atoms with Crippen molar-refractivity contribution < 1.29 is 8.83 Å². The van der Waals surface area contributed by atoms with Gasteiger partial charge in [0.2, 0.25) is 0 Å². The summed E-state index contributed by atoms with van der Waals surface area (Å²) in [6, 6.07) is 161. The van der Waals surface area contributed by atoms with Crippen LogP contribution < -0.4 is 51.3 Å². The Morgan fingerprint density at radius 3 is 1.19 bits per heavy atom. The van der Waals surface area contributed by atoms with E-state index in [0.29, 0.717) is 11.1 Å². The molecule has 0 bridgehead atoms. The summed E-state index contributed by atoms with van der Waals surface area (Å²) in [7, 11) is -7.05. The molecule has 21 aromatic rings. The van der Waals surface area contributed by atoms with Gasteiger partial charge in [-0.1, -0.05) is 92.2 Å². The van der Waals surface area contributed by atoms with Crippen molar-refractivity contribution in [1.29, 1.82) is 5.26 Å². The van der Waals surface area contributed by atoms with Gasteiger partial charge < -0.3 is 0 Å². The van der Waals surface area contributed by atoms with Gasteiger partial charge in [-0.2, -0.15) is 0 Å². The van der Waals surface area contributed by atoms with Crippen molar-refractivity contribution >= 4 is 146 Å². The second-order valence-electron chi connectivity index (χ2n) is 36.6. The first-order chi connectivity index (χ1) is 64.2. The summed E-state index contributed by atoms with van der Waals surface area (Å²) in [5.41, 5.74) is 28.8. The predicted octanol–water partition coefficient (Wildman–Crippen LogP) is 26.5. The van der Waals surface area contributed by atoms with E-state index in [-0.39, 0.29) is 0 Å². The summed E-state index contributed by atoms with van der Waals surface area (Å²) in [6.45, 7) is 17.7. The number of hydrogen-bond donors (Lipinski definition) is 0. The maximum absolute atomic E-state index is 12.1. The van der Waals surface area contributed by atoms with E-state index in [2.05, 4.69) is 478 Å². The number of rotatable bonds is 20. The minimum absolute atomic E-state index is 0.512. The molecule has 1 aliphatic rings. The number of aryl methyl sites for hydroxylation is 8. The molecule has 2 aromatic heterocycles. The normalized spacial score (nSPS) is 13.4. The van der Waals surface area contributed by atoms with Crippen LogP contribution in [0.4, 0.5) is 34.1 Å². The van der Waals surface area contributed by atoms with E-state index in [9.17, 15) is 5.26 Å². The Kier molecular flexibility index (Phi) is 20.5. The van der Waals surface area contributed by atoms with Crippen LogP contribution in [0.5, 0.6) is 0 Å². The molecule has 1 unspecified atom stereocenters. The zero-order valence-corrected chi connectivity index (χ0v) is 77.4. The average Bonchev–Trinajstić information content (AvgIpc) is 1.52. The number of para-hydroxylation sites is 4. The predicted molar refractivity (Wildman–Crippen MR) is 558 cm³/mol. The van der Waals surface area contributed by atoms with Crippen molar-refractivity contribution in [3.8, 4) is 39.4 Å². The molecule has 0 N–H and O–H groups in total. The molecule has 0 saturated carbocycles. The zero-order valence-electron chi connectivity index (χ0n) is 75.1. The van der Waals surface area contributed by atoms with Gasteiger partial charge in [-0.3, -0.25) is 0 Å². The third-order valence-corrected chi connectivity index (χ3v) is 39.7. The molecule has 0 fully saturated rings. The van der Waals surface area contributed by atoms with Gasteiger partial charge in [0.15, 0.2) is 0 Å². The molecule has 19 aromatic carbocycles. The van der Waals surface area contributed by atoms with Crippen LogP contribution in [0.3, 0.4) is 0 Å². The first kappa shape index (κ1) is 81.3. The molecule has 1 aliphatic carbocycles. The number of hydrogen-bond acceptors (Lipinski definition) is 5. The molecule has 0 amide bonds. The van der Waals surface area contributed by atoms with E-state index >= 15 is 0 Å². The number of fused-ring (bicyclic) bond motifs is 11. The first-order valence-corrected chi connectivity index (χ1v) is 50.7. The summed E-state index contributed by atoms with van der Waals surface area (Å²) in [6.07, 6.45) is 1.75. The maximum atomic E-state index is 12.1. The van der Waals surface area contributed by atoms with Gasteiger partial charge in [0.05, 0.1) is 0 Å². The van der Waals surface area contributed by atoms with Crippen LogP contribution in [-0.2, 0) is 11.8 Å². The number of furan rings is 2. The Hall–Kier alpha value is -15.4. The first-order valence-electron chi connectivity index (χ1n) is 46.1. The molecule has 5 nitrogen and oxygen atoms in total. The Labute approximate surface area is 768 Å². The molecule has 7 heteroatoms. The van der Waals surface area contributed by atoms with Crippen molar-refractivity contribution in [3.63, 3.8) is 0 Å². The Morgan fingerprint density at radius 1 is 0.290 bits per heavy atom. The van der Waals surface area contributed by atoms with Gasteiger partial charge in [-0.25, -0.2) is 0 Å². The quantitative estimate of drug-likeness (QED) is 0.0562. The average molecular weight is 1720 g/mol. The second kappa shape index (κ2) is 33.0. The summed E-state index contributed by atoms with van der Waals surface area (Å²) >= 11 is 0. The van der Waals surface area contributed by atoms with Crippen LogP contribution >= 0.6 is 0 Å². The fourth-order valence-electron chi connectivity index (χ4n) is 22.3. The van der Waals surface area contributed by atoms with Crippen LogP contribution in [0.2, 0.25) is 0 Å². The molecule has 0 aliphatic heterocycles.